The highest BCUT2D eigenvalue weighted by molar-refractivity contribution is 7.98. The maximum absolute atomic E-state index is 12.2. The van der Waals surface area contributed by atoms with Crippen molar-refractivity contribution in [1.29, 1.82) is 0 Å². The Labute approximate surface area is 155 Å². The van der Waals surface area contributed by atoms with Crippen LogP contribution in [0.25, 0.3) is 0 Å². The van der Waals surface area contributed by atoms with E-state index in [9.17, 15) is 4.79 Å². The second-order valence-electron chi connectivity index (χ2n) is 5.65. The van der Waals surface area contributed by atoms with Gasteiger partial charge in [-0.25, -0.2) is 9.97 Å². The molecule has 0 aliphatic carbocycles. The third-order valence-corrected chi connectivity index (χ3v) is 4.76. The summed E-state index contributed by atoms with van der Waals surface area (Å²) in [4.78, 5) is 26.4. The van der Waals surface area contributed by atoms with E-state index in [1.54, 1.807) is 31.4 Å². The number of anilines is 1. The molecule has 0 spiro atoms. The number of aromatic amines is 2. The molecule has 0 amide bonds. The molecule has 2 aromatic heterocycles. The number of benzene rings is 1. The molecule has 1 aromatic carbocycles. The summed E-state index contributed by atoms with van der Waals surface area (Å²) < 4.78 is 5.14. The molecule has 8 heteroatoms. The molecule has 3 rings (SSSR count). The normalized spacial score (nSPS) is 10.7. The number of hydrogen-bond acceptors (Lipinski definition) is 6. The second kappa shape index (κ2) is 9.10. The van der Waals surface area contributed by atoms with Crippen molar-refractivity contribution < 1.29 is 4.74 Å². The maximum Gasteiger partial charge on any atom is 0.255 e. The largest absolute Gasteiger partial charge is 0.497 e. The average Bonchev–Trinajstić information content (AvgIpc) is 3.18. The molecule has 2 heterocycles. The quantitative estimate of drug-likeness (QED) is 0.500. The molecule has 7 nitrogen and oxygen atoms in total. The molecule has 0 aliphatic heterocycles. The average molecular weight is 371 g/mol. The van der Waals surface area contributed by atoms with Gasteiger partial charge in [0.05, 0.1) is 19.1 Å². The number of H-pyrrole nitrogens is 2. The zero-order valence-corrected chi connectivity index (χ0v) is 15.3. The number of aromatic nitrogens is 4. The summed E-state index contributed by atoms with van der Waals surface area (Å²) in [5.74, 6) is 3.04. The predicted molar refractivity (Wildman–Crippen MR) is 104 cm³/mol. The Morgan fingerprint density at radius 3 is 2.77 bits per heavy atom. The van der Waals surface area contributed by atoms with Gasteiger partial charge in [0.15, 0.2) is 0 Å². The highest BCUT2D eigenvalue weighted by atomic mass is 32.2. The van der Waals surface area contributed by atoms with Gasteiger partial charge in [-0.1, -0.05) is 12.1 Å². The van der Waals surface area contributed by atoms with Crippen LogP contribution >= 0.6 is 11.8 Å². The Morgan fingerprint density at radius 2 is 2.08 bits per heavy atom. The number of nitrogens with one attached hydrogen (secondary N) is 3. The number of rotatable bonds is 9. The third-order valence-electron chi connectivity index (χ3n) is 3.77. The lowest BCUT2D eigenvalue weighted by Gasteiger charge is -2.07. The molecule has 136 valence electrons. The zero-order chi connectivity index (χ0) is 18.2. The summed E-state index contributed by atoms with van der Waals surface area (Å²) >= 11 is 1.77. The van der Waals surface area contributed by atoms with Gasteiger partial charge in [0.2, 0.25) is 5.95 Å². The lowest BCUT2D eigenvalue weighted by atomic mass is 10.1. The highest BCUT2D eigenvalue weighted by Gasteiger charge is 2.05. The Kier molecular flexibility index (Phi) is 6.32. The van der Waals surface area contributed by atoms with Crippen LogP contribution in [0.5, 0.6) is 5.75 Å². The van der Waals surface area contributed by atoms with Gasteiger partial charge in [-0.3, -0.25) is 9.78 Å². The fourth-order valence-electron chi connectivity index (χ4n) is 2.39. The minimum absolute atomic E-state index is 0.123. The number of nitrogens with zero attached hydrogens (tertiary/aromatic N) is 2. The predicted octanol–water partition coefficient (Wildman–Crippen LogP) is 2.44. The van der Waals surface area contributed by atoms with Crippen molar-refractivity contribution in [3.63, 3.8) is 0 Å². The fraction of sp³-hybridized carbons (Fsp3) is 0.278. The number of ether oxygens (including phenoxy) is 1. The molecule has 0 saturated heterocycles. The van der Waals surface area contributed by atoms with Crippen molar-refractivity contribution >= 4 is 17.7 Å². The molecular formula is C18H21N5O2S. The zero-order valence-electron chi connectivity index (χ0n) is 14.5. The van der Waals surface area contributed by atoms with Gasteiger partial charge < -0.3 is 15.0 Å². The Morgan fingerprint density at radius 1 is 1.23 bits per heavy atom. The SMILES string of the molecule is COc1ccc(Cc2cnc(NCCSCc3c[nH]cn3)[nH]c2=O)cc1. The number of thioether (sulfide) groups is 1. The molecule has 3 aromatic rings. The first-order valence-electron chi connectivity index (χ1n) is 8.25. The molecule has 0 saturated carbocycles. The van der Waals surface area contributed by atoms with Crippen LogP contribution in [0.2, 0.25) is 0 Å². The van der Waals surface area contributed by atoms with E-state index in [0.717, 1.165) is 35.1 Å². The van der Waals surface area contributed by atoms with Gasteiger partial charge in [-0.05, 0) is 17.7 Å². The van der Waals surface area contributed by atoms with Crippen LogP contribution < -0.4 is 15.6 Å². The van der Waals surface area contributed by atoms with E-state index in [1.807, 2.05) is 30.5 Å². The number of hydrogen-bond donors (Lipinski definition) is 3. The van der Waals surface area contributed by atoms with Crippen LogP contribution in [0, 0.1) is 0 Å². The lowest BCUT2D eigenvalue weighted by molar-refractivity contribution is 0.414. The summed E-state index contributed by atoms with van der Waals surface area (Å²) in [5.41, 5.74) is 2.58. The highest BCUT2D eigenvalue weighted by Crippen LogP contribution is 2.13. The van der Waals surface area contributed by atoms with Crippen molar-refractivity contribution in [2.75, 3.05) is 24.7 Å². The van der Waals surface area contributed by atoms with Gasteiger partial charge in [0.25, 0.3) is 5.56 Å². The van der Waals surface area contributed by atoms with Crippen LogP contribution in [0.1, 0.15) is 16.8 Å². The molecule has 0 atom stereocenters. The molecule has 0 bridgehead atoms. The second-order valence-corrected chi connectivity index (χ2v) is 6.76. The first kappa shape index (κ1) is 18.1. The number of imidazole rings is 1. The standard InChI is InChI=1S/C18H21N5O2S/c1-25-16-4-2-13(3-5-16)8-14-9-21-18(23-17(14)24)20-6-7-26-11-15-10-19-12-22-15/h2-5,9-10,12H,6-8,11H2,1H3,(H,19,22)(H2,20,21,23,24). The topological polar surface area (TPSA) is 95.7 Å². The maximum atomic E-state index is 12.2. The summed E-state index contributed by atoms with van der Waals surface area (Å²) in [7, 11) is 1.63. The van der Waals surface area contributed by atoms with E-state index < -0.39 is 0 Å². The number of methoxy groups -OCH3 is 1. The van der Waals surface area contributed by atoms with Gasteiger partial charge >= 0.3 is 0 Å². The van der Waals surface area contributed by atoms with Crippen LogP contribution in [-0.4, -0.2) is 39.3 Å². The van der Waals surface area contributed by atoms with E-state index in [4.69, 9.17) is 4.74 Å². The third kappa shape index (κ3) is 5.13. The molecule has 0 aliphatic rings. The molecule has 3 N–H and O–H groups in total. The summed E-state index contributed by atoms with van der Waals surface area (Å²) in [6.45, 7) is 0.718. The van der Waals surface area contributed by atoms with Crippen LogP contribution in [0.3, 0.4) is 0 Å². The molecule has 0 fully saturated rings. The Hall–Kier alpha value is -2.74. The van der Waals surface area contributed by atoms with Crippen LogP contribution in [0.15, 0.2) is 47.8 Å². The smallest absolute Gasteiger partial charge is 0.255 e. The van der Waals surface area contributed by atoms with Gasteiger partial charge in [0, 0.05) is 42.4 Å². The van der Waals surface area contributed by atoms with E-state index in [-0.39, 0.29) is 5.56 Å². The first-order chi connectivity index (χ1) is 12.7. The first-order valence-corrected chi connectivity index (χ1v) is 9.40. The van der Waals surface area contributed by atoms with E-state index in [2.05, 4.69) is 25.3 Å². The molecule has 0 radical (unpaired) electrons. The fourth-order valence-corrected chi connectivity index (χ4v) is 3.15. The van der Waals surface area contributed by atoms with E-state index >= 15 is 0 Å². The molecule has 0 unspecified atom stereocenters. The van der Waals surface area contributed by atoms with Crippen LogP contribution in [0.4, 0.5) is 5.95 Å². The van der Waals surface area contributed by atoms with Crippen molar-refractivity contribution in [2.45, 2.75) is 12.2 Å². The lowest BCUT2D eigenvalue weighted by Crippen LogP contribution is -2.18. The van der Waals surface area contributed by atoms with Crippen molar-refractivity contribution in [2.24, 2.45) is 0 Å². The molecule has 26 heavy (non-hydrogen) atoms. The molecular weight excluding hydrogens is 350 g/mol. The summed E-state index contributed by atoms with van der Waals surface area (Å²) in [6, 6.07) is 7.66. The summed E-state index contributed by atoms with van der Waals surface area (Å²) in [6.07, 6.45) is 5.73. The minimum atomic E-state index is -0.123. The van der Waals surface area contributed by atoms with Gasteiger partial charge in [-0.2, -0.15) is 11.8 Å². The van der Waals surface area contributed by atoms with Gasteiger partial charge in [-0.15, -0.1) is 0 Å². The minimum Gasteiger partial charge on any atom is -0.497 e. The van der Waals surface area contributed by atoms with E-state index in [0.29, 0.717) is 17.9 Å². The van der Waals surface area contributed by atoms with Crippen LogP contribution in [-0.2, 0) is 12.2 Å². The van der Waals surface area contributed by atoms with Gasteiger partial charge in [0.1, 0.15) is 5.75 Å². The van der Waals surface area contributed by atoms with Crippen molar-refractivity contribution in [3.8, 4) is 5.75 Å². The Balaban J connectivity index is 1.48. The van der Waals surface area contributed by atoms with E-state index in [1.165, 1.54) is 0 Å². The monoisotopic (exact) mass is 371 g/mol. The summed E-state index contributed by atoms with van der Waals surface area (Å²) in [5, 5.41) is 3.14. The Bertz CT molecular complexity index is 862. The van der Waals surface area contributed by atoms with Crippen molar-refractivity contribution in [1.82, 2.24) is 19.9 Å². The van der Waals surface area contributed by atoms with Crippen molar-refractivity contribution in [3.05, 3.63) is 70.2 Å².